The Morgan fingerprint density at radius 2 is 1.88 bits per heavy atom. The molecule has 1 aromatic carbocycles. The summed E-state index contributed by atoms with van der Waals surface area (Å²) in [6.45, 7) is 5.69. The van der Waals surface area contributed by atoms with Crippen LogP contribution in [0.25, 0.3) is 0 Å². The summed E-state index contributed by atoms with van der Waals surface area (Å²) in [7, 11) is 0. The number of fused-ring (bicyclic) bond motifs is 1. The highest BCUT2D eigenvalue weighted by Crippen LogP contribution is 2.63. The van der Waals surface area contributed by atoms with Crippen molar-refractivity contribution in [2.45, 2.75) is 46.5 Å². The van der Waals surface area contributed by atoms with E-state index in [-0.39, 0.29) is 11.7 Å². The molecule has 128 valence electrons. The van der Waals surface area contributed by atoms with Crippen LogP contribution in [-0.2, 0) is 9.59 Å². The zero-order chi connectivity index (χ0) is 17.5. The molecule has 2 atom stereocenters. The second-order valence-corrected chi connectivity index (χ2v) is 7.32. The van der Waals surface area contributed by atoms with Gasteiger partial charge >= 0.3 is 5.97 Å². The van der Waals surface area contributed by atoms with Gasteiger partial charge in [0, 0.05) is 5.41 Å². The summed E-state index contributed by atoms with van der Waals surface area (Å²) in [5, 5.41) is 10.5. The van der Waals surface area contributed by atoms with Crippen LogP contribution < -0.4 is 4.74 Å². The van der Waals surface area contributed by atoms with Gasteiger partial charge in [-0.15, -0.1) is 0 Å². The molecule has 4 heteroatoms. The first-order chi connectivity index (χ1) is 11.4. The van der Waals surface area contributed by atoms with E-state index in [1.807, 2.05) is 19.9 Å². The van der Waals surface area contributed by atoms with E-state index in [0.717, 1.165) is 24.8 Å². The Labute approximate surface area is 142 Å². The maximum atomic E-state index is 13.1. The molecule has 0 spiro atoms. The lowest BCUT2D eigenvalue weighted by Crippen LogP contribution is -2.53. The first kappa shape index (κ1) is 16.7. The van der Waals surface area contributed by atoms with Crippen LogP contribution >= 0.6 is 0 Å². The minimum absolute atomic E-state index is 0.0507. The number of hydrogen-bond acceptors (Lipinski definition) is 4. The maximum absolute atomic E-state index is 13.1. The third-order valence-corrected chi connectivity index (χ3v) is 5.98. The first-order valence-electron chi connectivity index (χ1n) is 8.60. The van der Waals surface area contributed by atoms with Crippen molar-refractivity contribution in [2.24, 2.45) is 16.7 Å². The summed E-state index contributed by atoms with van der Waals surface area (Å²) in [5.74, 6) is -0.810. The third kappa shape index (κ3) is 2.05. The monoisotopic (exact) mass is 328 g/mol. The molecular formula is C20H24O4. The number of Topliss-reactive ketones (excluding diaryl/α,β-unsaturated/α-hetero) is 1. The predicted molar refractivity (Wildman–Crippen MR) is 90.6 cm³/mol. The number of ether oxygens (including phenoxy) is 1. The van der Waals surface area contributed by atoms with Crippen molar-refractivity contribution >= 4 is 11.8 Å². The molecule has 1 N–H and O–H groups in total. The van der Waals surface area contributed by atoms with Gasteiger partial charge < -0.3 is 9.84 Å². The normalized spacial score (nSPS) is 29.8. The summed E-state index contributed by atoms with van der Waals surface area (Å²) >= 11 is 0. The summed E-state index contributed by atoms with van der Waals surface area (Å²) in [6.07, 6.45) is 3.27. The van der Waals surface area contributed by atoms with E-state index in [1.54, 1.807) is 31.2 Å². The number of aliphatic hydroxyl groups is 1. The summed E-state index contributed by atoms with van der Waals surface area (Å²) in [6, 6.07) is 8.78. The number of allylic oxidation sites excluding steroid dienone is 2. The van der Waals surface area contributed by atoms with Crippen molar-refractivity contribution < 1.29 is 19.4 Å². The lowest BCUT2D eigenvalue weighted by Gasteiger charge is -2.48. The fourth-order valence-corrected chi connectivity index (χ4v) is 4.72. The van der Waals surface area contributed by atoms with E-state index in [9.17, 15) is 14.7 Å². The highest BCUT2D eigenvalue weighted by molar-refractivity contribution is 6.15. The van der Waals surface area contributed by atoms with Crippen LogP contribution in [0.3, 0.4) is 0 Å². The van der Waals surface area contributed by atoms with Crippen molar-refractivity contribution in [1.82, 2.24) is 0 Å². The Bertz CT molecular complexity index is 704. The molecule has 2 aliphatic carbocycles. The van der Waals surface area contributed by atoms with E-state index in [0.29, 0.717) is 12.2 Å². The number of aliphatic hydroxyl groups excluding tert-OH is 1. The van der Waals surface area contributed by atoms with Gasteiger partial charge in [0.15, 0.2) is 5.76 Å². The number of para-hydroxylation sites is 1. The maximum Gasteiger partial charge on any atom is 0.326 e. The summed E-state index contributed by atoms with van der Waals surface area (Å²) < 4.78 is 5.55. The second-order valence-electron chi connectivity index (χ2n) is 7.32. The van der Waals surface area contributed by atoms with Crippen LogP contribution in [0.1, 0.15) is 46.5 Å². The molecule has 1 fully saturated rings. The minimum atomic E-state index is -1.38. The number of esters is 1. The Kier molecular flexibility index (Phi) is 4.02. The number of rotatable bonds is 3. The second kappa shape index (κ2) is 5.76. The predicted octanol–water partition coefficient (Wildman–Crippen LogP) is 4.21. The van der Waals surface area contributed by atoms with Gasteiger partial charge in [-0.25, -0.2) is 0 Å². The SMILES string of the molecule is CC(C)[C@]12CCCCC1=C(O)C(=O)[C@@]2(C)C(=O)Oc1ccccc1. The standard InChI is InChI=1S/C20H24O4/c1-13(2)20-12-8-7-11-15(20)16(21)17(22)19(20,3)18(23)24-14-9-5-4-6-10-14/h4-6,9-10,13,21H,7-8,11-12H2,1-3H3/t19-,20+/m0/s1. The summed E-state index contributed by atoms with van der Waals surface area (Å²) in [5.41, 5.74) is -1.28. The lowest BCUT2D eigenvalue weighted by molar-refractivity contribution is -0.160. The van der Waals surface area contributed by atoms with Crippen LogP contribution in [0.4, 0.5) is 0 Å². The van der Waals surface area contributed by atoms with Crippen LogP contribution in [0.2, 0.25) is 0 Å². The van der Waals surface area contributed by atoms with E-state index in [1.165, 1.54) is 0 Å². The highest BCUT2D eigenvalue weighted by Gasteiger charge is 2.68. The quantitative estimate of drug-likeness (QED) is 0.513. The summed E-state index contributed by atoms with van der Waals surface area (Å²) in [4.78, 5) is 26.0. The van der Waals surface area contributed by atoms with Gasteiger partial charge in [0.05, 0.1) is 0 Å². The van der Waals surface area contributed by atoms with Gasteiger partial charge in [0.2, 0.25) is 5.78 Å². The van der Waals surface area contributed by atoms with Gasteiger partial charge in [-0.3, -0.25) is 9.59 Å². The molecule has 1 saturated carbocycles. The molecular weight excluding hydrogens is 304 g/mol. The zero-order valence-corrected chi connectivity index (χ0v) is 14.5. The highest BCUT2D eigenvalue weighted by atomic mass is 16.5. The molecule has 0 heterocycles. The molecule has 0 aromatic heterocycles. The van der Waals surface area contributed by atoms with Crippen LogP contribution in [-0.4, -0.2) is 16.9 Å². The molecule has 0 amide bonds. The molecule has 4 nitrogen and oxygen atoms in total. The van der Waals surface area contributed by atoms with Gasteiger partial charge in [-0.2, -0.15) is 0 Å². The van der Waals surface area contributed by atoms with E-state index in [4.69, 9.17) is 4.74 Å². The van der Waals surface area contributed by atoms with E-state index in [2.05, 4.69) is 0 Å². The van der Waals surface area contributed by atoms with E-state index >= 15 is 0 Å². The van der Waals surface area contributed by atoms with Gasteiger partial charge in [0.25, 0.3) is 0 Å². The largest absolute Gasteiger partial charge is 0.504 e. The molecule has 0 bridgehead atoms. The molecule has 2 aliphatic rings. The van der Waals surface area contributed by atoms with Crippen LogP contribution in [0, 0.1) is 16.7 Å². The minimum Gasteiger partial charge on any atom is -0.504 e. The van der Waals surface area contributed by atoms with Gasteiger partial charge in [-0.1, -0.05) is 38.5 Å². The third-order valence-electron chi connectivity index (χ3n) is 5.98. The van der Waals surface area contributed by atoms with Crippen molar-refractivity contribution in [2.75, 3.05) is 0 Å². The molecule has 0 radical (unpaired) electrons. The molecule has 24 heavy (non-hydrogen) atoms. The average molecular weight is 328 g/mol. The number of hydrogen-bond donors (Lipinski definition) is 1. The lowest BCUT2D eigenvalue weighted by atomic mass is 9.53. The molecule has 0 saturated heterocycles. The number of carbonyl (C=O) groups excluding carboxylic acids is 2. The number of benzene rings is 1. The number of carbonyl (C=O) groups is 2. The Hall–Kier alpha value is -2.10. The van der Waals surface area contributed by atoms with Gasteiger partial charge in [0.1, 0.15) is 11.2 Å². The number of ketones is 1. The Balaban J connectivity index is 2.07. The molecule has 1 aromatic rings. The molecule has 0 aliphatic heterocycles. The topological polar surface area (TPSA) is 63.6 Å². The fraction of sp³-hybridized carbons (Fsp3) is 0.500. The Morgan fingerprint density at radius 1 is 1.21 bits per heavy atom. The van der Waals surface area contributed by atoms with Crippen LogP contribution in [0.15, 0.2) is 41.7 Å². The van der Waals surface area contributed by atoms with Crippen molar-refractivity contribution in [3.05, 3.63) is 41.7 Å². The first-order valence-corrected chi connectivity index (χ1v) is 8.60. The zero-order valence-electron chi connectivity index (χ0n) is 14.5. The van der Waals surface area contributed by atoms with Crippen molar-refractivity contribution in [3.8, 4) is 5.75 Å². The van der Waals surface area contributed by atoms with Crippen molar-refractivity contribution in [1.29, 1.82) is 0 Å². The van der Waals surface area contributed by atoms with Gasteiger partial charge in [-0.05, 0) is 49.8 Å². The van der Waals surface area contributed by atoms with Crippen molar-refractivity contribution in [3.63, 3.8) is 0 Å². The van der Waals surface area contributed by atoms with Crippen LogP contribution in [0.5, 0.6) is 5.75 Å². The fourth-order valence-electron chi connectivity index (χ4n) is 4.72. The smallest absolute Gasteiger partial charge is 0.326 e. The van der Waals surface area contributed by atoms with E-state index < -0.39 is 22.6 Å². The molecule has 3 rings (SSSR count). The average Bonchev–Trinajstić information content (AvgIpc) is 2.77. The Morgan fingerprint density at radius 3 is 2.50 bits per heavy atom. The molecule has 0 unspecified atom stereocenters.